The normalized spacial score (nSPS) is 10.5. The van der Waals surface area contributed by atoms with Gasteiger partial charge in [0.15, 0.2) is 11.3 Å². The molecule has 2 rings (SSSR count). The molecule has 2 aromatic rings. The molecule has 66 valence electrons. The SMILES string of the molecule is Cc1ccnn2cc(C(=O)O)nc12. The van der Waals surface area contributed by atoms with E-state index in [4.69, 9.17) is 5.11 Å². The molecule has 2 aromatic heterocycles. The van der Waals surface area contributed by atoms with Gasteiger partial charge >= 0.3 is 5.97 Å². The van der Waals surface area contributed by atoms with E-state index in [1.54, 1.807) is 12.3 Å². The zero-order valence-corrected chi connectivity index (χ0v) is 6.93. The maximum absolute atomic E-state index is 10.6. The van der Waals surface area contributed by atoms with Gasteiger partial charge < -0.3 is 5.11 Å². The lowest BCUT2D eigenvalue weighted by molar-refractivity contribution is 0.0691. The molecule has 5 heteroatoms. The van der Waals surface area contributed by atoms with Crippen molar-refractivity contribution in [2.24, 2.45) is 0 Å². The highest BCUT2D eigenvalue weighted by atomic mass is 16.4. The van der Waals surface area contributed by atoms with E-state index < -0.39 is 5.97 Å². The number of fused-ring (bicyclic) bond motifs is 1. The molecule has 0 aromatic carbocycles. The van der Waals surface area contributed by atoms with E-state index in [9.17, 15) is 4.79 Å². The van der Waals surface area contributed by atoms with E-state index in [0.29, 0.717) is 5.65 Å². The van der Waals surface area contributed by atoms with E-state index in [2.05, 4.69) is 10.1 Å². The number of imidazole rings is 1. The first-order valence-electron chi connectivity index (χ1n) is 3.73. The summed E-state index contributed by atoms with van der Waals surface area (Å²) in [6.07, 6.45) is 3.00. The van der Waals surface area contributed by atoms with Crippen LogP contribution in [0.15, 0.2) is 18.5 Å². The first kappa shape index (κ1) is 7.72. The van der Waals surface area contributed by atoms with Gasteiger partial charge in [0.2, 0.25) is 0 Å². The Kier molecular flexibility index (Phi) is 1.51. The van der Waals surface area contributed by atoms with Crippen molar-refractivity contribution >= 4 is 11.6 Å². The molecule has 0 amide bonds. The van der Waals surface area contributed by atoms with E-state index in [1.807, 2.05) is 6.92 Å². The van der Waals surface area contributed by atoms with Gasteiger partial charge in [0, 0.05) is 6.20 Å². The zero-order chi connectivity index (χ0) is 9.42. The molecule has 0 atom stereocenters. The van der Waals surface area contributed by atoms with E-state index in [0.717, 1.165) is 5.56 Å². The minimum Gasteiger partial charge on any atom is -0.476 e. The molecule has 0 fully saturated rings. The molecule has 0 aliphatic heterocycles. The Balaban J connectivity index is 2.75. The van der Waals surface area contributed by atoms with Crippen LogP contribution in [0.1, 0.15) is 16.1 Å². The molecule has 0 unspecified atom stereocenters. The molecule has 2 heterocycles. The number of hydrogen-bond donors (Lipinski definition) is 1. The second-order valence-electron chi connectivity index (χ2n) is 2.71. The molecule has 0 saturated heterocycles. The van der Waals surface area contributed by atoms with Gasteiger partial charge in [0.25, 0.3) is 0 Å². The van der Waals surface area contributed by atoms with Crippen LogP contribution in [0.25, 0.3) is 5.65 Å². The average molecular weight is 177 g/mol. The molecule has 0 aliphatic carbocycles. The number of hydrogen-bond acceptors (Lipinski definition) is 3. The van der Waals surface area contributed by atoms with Gasteiger partial charge in [-0.1, -0.05) is 0 Å². The summed E-state index contributed by atoms with van der Waals surface area (Å²) in [7, 11) is 0. The van der Waals surface area contributed by atoms with Crippen molar-refractivity contribution in [3.63, 3.8) is 0 Å². The van der Waals surface area contributed by atoms with Crippen LogP contribution in [0.5, 0.6) is 0 Å². The molecule has 1 N–H and O–H groups in total. The minimum atomic E-state index is -1.04. The summed E-state index contributed by atoms with van der Waals surface area (Å²) < 4.78 is 1.46. The predicted molar refractivity (Wildman–Crippen MR) is 44.7 cm³/mol. The fraction of sp³-hybridized carbons (Fsp3) is 0.125. The minimum absolute atomic E-state index is 0.0156. The Hall–Kier alpha value is -1.91. The molecule has 13 heavy (non-hydrogen) atoms. The monoisotopic (exact) mass is 177 g/mol. The third-order valence-electron chi connectivity index (χ3n) is 1.78. The fourth-order valence-corrected chi connectivity index (χ4v) is 1.12. The van der Waals surface area contributed by atoms with Crippen molar-refractivity contribution < 1.29 is 9.90 Å². The van der Waals surface area contributed by atoms with E-state index in [1.165, 1.54) is 10.7 Å². The quantitative estimate of drug-likeness (QED) is 0.697. The number of aromatic carboxylic acids is 1. The maximum atomic E-state index is 10.6. The van der Waals surface area contributed by atoms with Gasteiger partial charge in [0.1, 0.15) is 0 Å². The van der Waals surface area contributed by atoms with Crippen molar-refractivity contribution in [3.05, 3.63) is 29.7 Å². The van der Waals surface area contributed by atoms with Crippen molar-refractivity contribution in [2.45, 2.75) is 6.92 Å². The molecular weight excluding hydrogens is 170 g/mol. The number of rotatable bonds is 1. The summed E-state index contributed by atoms with van der Waals surface area (Å²) in [5.74, 6) is -1.04. The summed E-state index contributed by atoms with van der Waals surface area (Å²) in [6.45, 7) is 1.86. The predicted octanol–water partition coefficient (Wildman–Crippen LogP) is 0.736. The van der Waals surface area contributed by atoms with Crippen LogP contribution in [0.2, 0.25) is 0 Å². The van der Waals surface area contributed by atoms with Crippen LogP contribution in [0.3, 0.4) is 0 Å². The summed E-state index contributed by atoms with van der Waals surface area (Å²) in [6, 6.07) is 1.79. The van der Waals surface area contributed by atoms with Crippen molar-refractivity contribution in [3.8, 4) is 0 Å². The molecule has 0 bridgehead atoms. The van der Waals surface area contributed by atoms with Crippen LogP contribution < -0.4 is 0 Å². The lowest BCUT2D eigenvalue weighted by Crippen LogP contribution is -1.95. The van der Waals surface area contributed by atoms with E-state index >= 15 is 0 Å². The van der Waals surface area contributed by atoms with Gasteiger partial charge in [-0.25, -0.2) is 14.3 Å². The lowest BCUT2D eigenvalue weighted by Gasteiger charge is -1.92. The van der Waals surface area contributed by atoms with Crippen LogP contribution in [-0.2, 0) is 0 Å². The standard InChI is InChI=1S/C8H7N3O2/c1-5-2-3-9-11-4-6(8(12)13)10-7(5)11/h2-4H,1H3,(H,12,13). The van der Waals surface area contributed by atoms with Crippen molar-refractivity contribution in [1.29, 1.82) is 0 Å². The largest absolute Gasteiger partial charge is 0.476 e. The van der Waals surface area contributed by atoms with Crippen LogP contribution in [0, 0.1) is 6.92 Å². The van der Waals surface area contributed by atoms with E-state index in [-0.39, 0.29) is 5.69 Å². The molecule has 0 aliphatic rings. The number of aryl methyl sites for hydroxylation is 1. The second-order valence-corrected chi connectivity index (χ2v) is 2.71. The topological polar surface area (TPSA) is 67.5 Å². The van der Waals surface area contributed by atoms with Crippen LogP contribution in [-0.4, -0.2) is 25.7 Å². The number of carbonyl (C=O) groups is 1. The summed E-state index contributed by atoms with van der Waals surface area (Å²) in [5.41, 5.74) is 1.50. The summed E-state index contributed by atoms with van der Waals surface area (Å²) >= 11 is 0. The number of carboxylic acid groups (broad SMARTS) is 1. The van der Waals surface area contributed by atoms with Gasteiger partial charge in [-0.05, 0) is 18.6 Å². The number of nitrogens with zero attached hydrogens (tertiary/aromatic N) is 3. The lowest BCUT2D eigenvalue weighted by atomic mass is 10.3. The van der Waals surface area contributed by atoms with Gasteiger partial charge in [-0.3, -0.25) is 0 Å². The van der Waals surface area contributed by atoms with Gasteiger partial charge in [-0.2, -0.15) is 5.10 Å². The maximum Gasteiger partial charge on any atom is 0.356 e. The third kappa shape index (κ3) is 1.14. The number of aromatic nitrogens is 3. The fourth-order valence-electron chi connectivity index (χ4n) is 1.12. The molecule has 0 saturated carbocycles. The Bertz CT molecular complexity index is 475. The highest BCUT2D eigenvalue weighted by Crippen LogP contribution is 2.07. The highest BCUT2D eigenvalue weighted by molar-refractivity contribution is 5.86. The Morgan fingerprint density at radius 1 is 1.62 bits per heavy atom. The Morgan fingerprint density at radius 3 is 3.00 bits per heavy atom. The Labute approximate surface area is 73.6 Å². The number of carboxylic acids is 1. The average Bonchev–Trinajstić information content (AvgIpc) is 2.49. The smallest absolute Gasteiger partial charge is 0.356 e. The summed E-state index contributed by atoms with van der Waals surface area (Å²) in [5, 5.41) is 12.6. The first-order chi connectivity index (χ1) is 6.18. The third-order valence-corrected chi connectivity index (χ3v) is 1.78. The summed E-state index contributed by atoms with van der Waals surface area (Å²) in [4.78, 5) is 14.5. The van der Waals surface area contributed by atoms with Gasteiger partial charge in [-0.15, -0.1) is 0 Å². The highest BCUT2D eigenvalue weighted by Gasteiger charge is 2.09. The molecule has 5 nitrogen and oxygen atoms in total. The van der Waals surface area contributed by atoms with Crippen molar-refractivity contribution in [2.75, 3.05) is 0 Å². The molecule has 0 spiro atoms. The van der Waals surface area contributed by atoms with Crippen molar-refractivity contribution in [1.82, 2.24) is 14.6 Å². The molecular formula is C8H7N3O2. The van der Waals surface area contributed by atoms with Crippen LogP contribution >= 0.6 is 0 Å². The van der Waals surface area contributed by atoms with Crippen LogP contribution in [0.4, 0.5) is 0 Å². The van der Waals surface area contributed by atoms with Gasteiger partial charge in [0.05, 0.1) is 6.20 Å². The molecule has 0 radical (unpaired) electrons. The second kappa shape index (κ2) is 2.55. The zero-order valence-electron chi connectivity index (χ0n) is 6.93. The first-order valence-corrected chi connectivity index (χ1v) is 3.73. The Morgan fingerprint density at radius 2 is 2.38 bits per heavy atom.